The van der Waals surface area contributed by atoms with Crippen LogP contribution >= 0.6 is 0 Å². The van der Waals surface area contributed by atoms with Crippen molar-refractivity contribution in [3.63, 3.8) is 0 Å². The lowest BCUT2D eigenvalue weighted by Gasteiger charge is -2.23. The Morgan fingerprint density at radius 1 is 0.720 bits per heavy atom. The summed E-state index contributed by atoms with van der Waals surface area (Å²) in [5.41, 5.74) is 1.18. The maximum absolute atomic E-state index is 5.85. The molecular weight excluding hydrogens is 310 g/mol. The molecular formula is C22H30NO2+. The molecule has 3 heteroatoms. The molecule has 3 rings (SSSR count). The van der Waals surface area contributed by atoms with Gasteiger partial charge in [-0.05, 0) is 61.9 Å². The summed E-state index contributed by atoms with van der Waals surface area (Å²) in [6.45, 7) is 5.43. The fourth-order valence-corrected chi connectivity index (χ4v) is 3.34. The lowest BCUT2D eigenvalue weighted by molar-refractivity contribution is -0.905. The first kappa shape index (κ1) is 17.8. The molecule has 1 fully saturated rings. The zero-order chi connectivity index (χ0) is 17.2. The van der Waals surface area contributed by atoms with Crippen LogP contribution in [0.5, 0.6) is 11.5 Å². The van der Waals surface area contributed by atoms with Crippen LogP contribution in [0.3, 0.4) is 0 Å². The first-order valence-electron chi connectivity index (χ1n) is 9.63. The highest BCUT2D eigenvalue weighted by Crippen LogP contribution is 2.19. The number of benzene rings is 2. The number of quaternary nitrogens is 1. The van der Waals surface area contributed by atoms with Gasteiger partial charge in [0.15, 0.2) is 0 Å². The average Bonchev–Trinajstić information content (AvgIpc) is 2.69. The van der Waals surface area contributed by atoms with Crippen molar-refractivity contribution >= 4 is 0 Å². The van der Waals surface area contributed by atoms with Gasteiger partial charge < -0.3 is 14.4 Å². The fraction of sp³-hybridized carbons (Fsp3) is 0.455. The summed E-state index contributed by atoms with van der Waals surface area (Å²) < 4.78 is 11.6. The van der Waals surface area contributed by atoms with Gasteiger partial charge in [0.2, 0.25) is 0 Å². The van der Waals surface area contributed by atoms with Gasteiger partial charge in [-0.25, -0.2) is 0 Å². The van der Waals surface area contributed by atoms with E-state index in [0.717, 1.165) is 24.5 Å². The lowest BCUT2D eigenvalue weighted by atomic mass is 10.1. The molecule has 2 aromatic carbocycles. The predicted octanol–water partition coefficient (Wildman–Crippen LogP) is 3.49. The molecule has 1 heterocycles. The van der Waals surface area contributed by atoms with Gasteiger partial charge in [0.1, 0.15) is 18.1 Å². The van der Waals surface area contributed by atoms with Crippen LogP contribution in [0.2, 0.25) is 0 Å². The molecule has 1 aliphatic rings. The molecule has 25 heavy (non-hydrogen) atoms. The molecule has 3 nitrogen and oxygen atoms in total. The van der Waals surface area contributed by atoms with Crippen LogP contribution in [0.25, 0.3) is 0 Å². The minimum absolute atomic E-state index is 0.597. The molecule has 0 bridgehead atoms. The summed E-state index contributed by atoms with van der Waals surface area (Å²) >= 11 is 0. The second-order valence-electron chi connectivity index (χ2n) is 6.86. The Morgan fingerprint density at radius 3 is 2.12 bits per heavy atom. The van der Waals surface area contributed by atoms with Crippen molar-refractivity contribution in [2.45, 2.75) is 38.7 Å². The van der Waals surface area contributed by atoms with Gasteiger partial charge in [-0.2, -0.15) is 0 Å². The third kappa shape index (κ3) is 6.43. The molecule has 0 aliphatic carbocycles. The summed E-state index contributed by atoms with van der Waals surface area (Å²) in [5.74, 6) is 1.81. The molecule has 134 valence electrons. The minimum atomic E-state index is 0.597. The summed E-state index contributed by atoms with van der Waals surface area (Å²) in [5, 5.41) is 0. The highest BCUT2D eigenvalue weighted by molar-refractivity contribution is 5.31. The maximum Gasteiger partial charge on any atom is 0.120 e. The van der Waals surface area contributed by atoms with Gasteiger partial charge in [-0.3, -0.25) is 0 Å². The zero-order valence-corrected chi connectivity index (χ0v) is 15.1. The molecule has 1 aliphatic heterocycles. The SMILES string of the molecule is c1ccc(COc2ccc(OCCCC[NH+]3CCCCC3)cc2)cc1. The predicted molar refractivity (Wildman–Crippen MR) is 101 cm³/mol. The van der Waals surface area contributed by atoms with E-state index in [1.165, 1.54) is 50.9 Å². The topological polar surface area (TPSA) is 22.9 Å². The average molecular weight is 340 g/mol. The van der Waals surface area contributed by atoms with Crippen LogP contribution in [-0.4, -0.2) is 26.2 Å². The second-order valence-corrected chi connectivity index (χ2v) is 6.86. The van der Waals surface area contributed by atoms with Gasteiger partial charge in [-0.1, -0.05) is 30.3 Å². The van der Waals surface area contributed by atoms with Crippen molar-refractivity contribution in [1.82, 2.24) is 0 Å². The van der Waals surface area contributed by atoms with Crippen molar-refractivity contribution in [2.24, 2.45) is 0 Å². The number of nitrogens with one attached hydrogen (secondary N) is 1. The number of rotatable bonds is 9. The van der Waals surface area contributed by atoms with Crippen LogP contribution in [0.1, 0.15) is 37.7 Å². The third-order valence-corrected chi connectivity index (χ3v) is 4.83. The Kier molecular flexibility index (Phi) is 7.19. The quantitative estimate of drug-likeness (QED) is 0.706. The van der Waals surface area contributed by atoms with Gasteiger partial charge in [0.05, 0.1) is 26.2 Å². The van der Waals surface area contributed by atoms with Crippen LogP contribution in [0, 0.1) is 0 Å². The van der Waals surface area contributed by atoms with E-state index in [0.29, 0.717) is 6.61 Å². The molecule has 0 radical (unpaired) electrons. The van der Waals surface area contributed by atoms with E-state index in [2.05, 4.69) is 12.1 Å². The van der Waals surface area contributed by atoms with Crippen LogP contribution in [-0.2, 0) is 6.61 Å². The van der Waals surface area contributed by atoms with Gasteiger partial charge in [-0.15, -0.1) is 0 Å². The monoisotopic (exact) mass is 340 g/mol. The van der Waals surface area contributed by atoms with E-state index in [9.17, 15) is 0 Å². The Labute approximate surface area is 151 Å². The van der Waals surface area contributed by atoms with Gasteiger partial charge in [0.25, 0.3) is 0 Å². The Bertz CT molecular complexity index is 591. The third-order valence-electron chi connectivity index (χ3n) is 4.83. The fourth-order valence-electron chi connectivity index (χ4n) is 3.34. The maximum atomic E-state index is 5.85. The standard InChI is InChI=1S/C22H29NO2/c1-3-9-20(10-4-1)19-25-22-13-11-21(12-14-22)24-18-8-7-17-23-15-5-2-6-16-23/h1,3-4,9-14H,2,5-8,15-19H2/p+1. The van der Waals surface area contributed by atoms with Crippen molar-refractivity contribution < 1.29 is 14.4 Å². The first-order chi connectivity index (χ1) is 12.4. The van der Waals surface area contributed by atoms with E-state index in [1.807, 2.05) is 42.5 Å². The van der Waals surface area contributed by atoms with Gasteiger partial charge >= 0.3 is 0 Å². The van der Waals surface area contributed by atoms with Gasteiger partial charge in [0, 0.05) is 0 Å². The largest absolute Gasteiger partial charge is 0.494 e. The van der Waals surface area contributed by atoms with Crippen LogP contribution in [0.15, 0.2) is 54.6 Å². The van der Waals surface area contributed by atoms with Crippen LogP contribution in [0.4, 0.5) is 0 Å². The molecule has 1 N–H and O–H groups in total. The molecule has 2 aromatic rings. The minimum Gasteiger partial charge on any atom is -0.494 e. The molecule has 0 unspecified atom stereocenters. The normalized spacial score (nSPS) is 15.0. The zero-order valence-electron chi connectivity index (χ0n) is 15.1. The van der Waals surface area contributed by atoms with E-state index in [1.54, 1.807) is 4.90 Å². The van der Waals surface area contributed by atoms with Crippen LogP contribution < -0.4 is 14.4 Å². The first-order valence-corrected chi connectivity index (χ1v) is 9.63. The van der Waals surface area contributed by atoms with E-state index in [4.69, 9.17) is 9.47 Å². The summed E-state index contributed by atoms with van der Waals surface area (Å²) in [6, 6.07) is 18.2. The molecule has 0 atom stereocenters. The summed E-state index contributed by atoms with van der Waals surface area (Å²) in [6.07, 6.45) is 6.64. The number of likely N-dealkylation sites (tertiary alicyclic amines) is 1. The number of unbranched alkanes of at least 4 members (excludes halogenated alkanes) is 1. The van der Waals surface area contributed by atoms with E-state index < -0.39 is 0 Å². The van der Waals surface area contributed by atoms with Crippen molar-refractivity contribution in [3.8, 4) is 11.5 Å². The summed E-state index contributed by atoms with van der Waals surface area (Å²) in [7, 11) is 0. The molecule has 0 amide bonds. The molecule has 0 saturated carbocycles. The van der Waals surface area contributed by atoms with Crippen molar-refractivity contribution in [1.29, 1.82) is 0 Å². The number of ether oxygens (including phenoxy) is 2. The molecule has 1 saturated heterocycles. The Balaban J connectivity index is 1.30. The van der Waals surface area contributed by atoms with Crippen molar-refractivity contribution in [3.05, 3.63) is 60.2 Å². The lowest BCUT2D eigenvalue weighted by Crippen LogP contribution is -3.12. The number of hydrogen-bond donors (Lipinski definition) is 1. The number of piperidine rings is 1. The number of hydrogen-bond acceptors (Lipinski definition) is 2. The highest BCUT2D eigenvalue weighted by Gasteiger charge is 2.12. The summed E-state index contributed by atoms with van der Waals surface area (Å²) in [4.78, 5) is 1.78. The smallest absolute Gasteiger partial charge is 0.120 e. The van der Waals surface area contributed by atoms with E-state index >= 15 is 0 Å². The molecule has 0 spiro atoms. The van der Waals surface area contributed by atoms with E-state index in [-0.39, 0.29) is 0 Å². The Morgan fingerprint density at radius 2 is 1.40 bits per heavy atom. The Hall–Kier alpha value is -2.00. The molecule has 0 aromatic heterocycles. The second kappa shape index (κ2) is 10.1. The highest BCUT2D eigenvalue weighted by atomic mass is 16.5. The van der Waals surface area contributed by atoms with Crippen molar-refractivity contribution in [2.75, 3.05) is 26.2 Å².